The first-order valence-electron chi connectivity index (χ1n) is 7.11. The molecule has 0 aliphatic rings. The first kappa shape index (κ1) is 15.8. The van der Waals surface area contributed by atoms with Crippen LogP contribution < -0.4 is 0 Å². The molecule has 0 saturated heterocycles. The van der Waals surface area contributed by atoms with Gasteiger partial charge in [-0.25, -0.2) is 4.79 Å². The Morgan fingerprint density at radius 2 is 1.86 bits per heavy atom. The van der Waals surface area contributed by atoms with Crippen LogP contribution in [0.15, 0.2) is 47.1 Å². The second kappa shape index (κ2) is 6.93. The zero-order chi connectivity index (χ0) is 16.1. The molecular weight excluding hydrogens is 282 g/mol. The minimum atomic E-state index is -0.973. The van der Waals surface area contributed by atoms with Crippen LogP contribution >= 0.6 is 0 Å². The fourth-order valence-corrected chi connectivity index (χ4v) is 2.17. The van der Waals surface area contributed by atoms with Gasteiger partial charge in [-0.05, 0) is 43.7 Å². The molecule has 0 atom stereocenters. The van der Waals surface area contributed by atoms with Crippen molar-refractivity contribution < 1.29 is 19.1 Å². The Morgan fingerprint density at radius 3 is 2.36 bits per heavy atom. The summed E-state index contributed by atoms with van der Waals surface area (Å²) >= 11 is 0. The van der Waals surface area contributed by atoms with E-state index < -0.39 is 5.97 Å². The Bertz CT molecular complexity index is 629. The van der Waals surface area contributed by atoms with Gasteiger partial charge in [0.1, 0.15) is 5.76 Å². The van der Waals surface area contributed by atoms with Crippen molar-refractivity contribution in [1.82, 2.24) is 4.90 Å². The van der Waals surface area contributed by atoms with Crippen molar-refractivity contribution in [3.8, 4) is 0 Å². The molecular formula is C17H19NO4. The van der Waals surface area contributed by atoms with Gasteiger partial charge in [0.25, 0.3) is 0 Å². The van der Waals surface area contributed by atoms with Crippen molar-refractivity contribution >= 4 is 11.9 Å². The summed E-state index contributed by atoms with van der Waals surface area (Å²) in [5.41, 5.74) is 1.01. The van der Waals surface area contributed by atoms with Crippen molar-refractivity contribution in [3.05, 3.63) is 59.5 Å². The molecule has 22 heavy (non-hydrogen) atoms. The molecule has 0 fully saturated rings. The number of furan rings is 1. The Hall–Kier alpha value is -2.56. The summed E-state index contributed by atoms with van der Waals surface area (Å²) in [6.07, 6.45) is 1.82. The molecule has 5 nitrogen and oxygen atoms in total. The van der Waals surface area contributed by atoms with E-state index in [1.165, 1.54) is 12.1 Å². The Kier molecular flexibility index (Phi) is 4.99. The highest BCUT2D eigenvalue weighted by molar-refractivity contribution is 5.87. The second-order valence-corrected chi connectivity index (χ2v) is 5.37. The Balaban J connectivity index is 2.06. The summed E-state index contributed by atoms with van der Waals surface area (Å²) in [5, 5.41) is 8.88. The molecule has 0 radical (unpaired) electrons. The molecule has 2 aromatic rings. The number of hydrogen-bond acceptors (Lipinski definition) is 3. The highest BCUT2D eigenvalue weighted by atomic mass is 16.4. The van der Waals surface area contributed by atoms with Crippen LogP contribution in [-0.2, 0) is 17.8 Å². The highest BCUT2D eigenvalue weighted by Gasteiger charge is 2.18. The molecule has 0 unspecified atom stereocenters. The van der Waals surface area contributed by atoms with Crippen LogP contribution in [0.2, 0.25) is 0 Å². The van der Waals surface area contributed by atoms with Crippen LogP contribution in [-0.4, -0.2) is 27.9 Å². The van der Waals surface area contributed by atoms with Crippen molar-refractivity contribution in [1.29, 1.82) is 0 Å². The average Bonchev–Trinajstić information content (AvgIpc) is 2.98. The van der Waals surface area contributed by atoms with E-state index >= 15 is 0 Å². The number of carbonyl (C=O) groups is 2. The number of carboxylic acid groups (broad SMARTS) is 1. The van der Waals surface area contributed by atoms with Gasteiger partial charge in [-0.1, -0.05) is 12.1 Å². The van der Waals surface area contributed by atoms with Crippen molar-refractivity contribution in [2.75, 3.05) is 0 Å². The molecule has 0 saturated carbocycles. The third kappa shape index (κ3) is 3.97. The summed E-state index contributed by atoms with van der Waals surface area (Å²) in [4.78, 5) is 25.0. The van der Waals surface area contributed by atoms with Gasteiger partial charge in [0.05, 0.1) is 24.8 Å². The summed E-state index contributed by atoms with van der Waals surface area (Å²) in [6.45, 7) is 4.33. The fraction of sp³-hybridized carbons (Fsp3) is 0.294. The smallest absolute Gasteiger partial charge is 0.335 e. The van der Waals surface area contributed by atoms with E-state index in [4.69, 9.17) is 9.52 Å². The predicted octanol–water partition coefficient (Wildman–Crippen LogP) is 2.96. The van der Waals surface area contributed by atoms with Gasteiger partial charge in [0, 0.05) is 6.04 Å². The van der Waals surface area contributed by atoms with Gasteiger partial charge in [0.2, 0.25) is 5.91 Å². The number of hydrogen-bond donors (Lipinski definition) is 1. The lowest BCUT2D eigenvalue weighted by atomic mass is 10.1. The van der Waals surface area contributed by atoms with Crippen LogP contribution in [0.25, 0.3) is 0 Å². The Morgan fingerprint density at radius 1 is 1.18 bits per heavy atom. The van der Waals surface area contributed by atoms with Gasteiger partial charge < -0.3 is 14.4 Å². The summed E-state index contributed by atoms with van der Waals surface area (Å²) in [6, 6.07) is 10.1. The molecule has 1 amide bonds. The van der Waals surface area contributed by atoms with Crippen LogP contribution in [0.1, 0.15) is 35.5 Å². The number of rotatable bonds is 6. The lowest BCUT2D eigenvalue weighted by Gasteiger charge is -2.26. The monoisotopic (exact) mass is 301 g/mol. The first-order valence-corrected chi connectivity index (χ1v) is 7.11. The van der Waals surface area contributed by atoms with E-state index in [9.17, 15) is 9.59 Å². The van der Waals surface area contributed by atoms with E-state index in [0.29, 0.717) is 6.54 Å². The molecule has 116 valence electrons. The predicted molar refractivity (Wildman–Crippen MR) is 81.5 cm³/mol. The van der Waals surface area contributed by atoms with E-state index in [0.717, 1.165) is 11.3 Å². The number of carbonyl (C=O) groups excluding carboxylic acids is 1. The molecule has 0 bridgehead atoms. The van der Waals surface area contributed by atoms with E-state index in [2.05, 4.69) is 0 Å². The zero-order valence-electron chi connectivity index (χ0n) is 12.7. The van der Waals surface area contributed by atoms with Gasteiger partial charge in [-0.3, -0.25) is 4.79 Å². The van der Waals surface area contributed by atoms with Crippen LogP contribution in [0.5, 0.6) is 0 Å². The fourth-order valence-electron chi connectivity index (χ4n) is 2.17. The maximum atomic E-state index is 12.5. The topological polar surface area (TPSA) is 70.8 Å². The molecule has 2 rings (SSSR count). The summed E-state index contributed by atoms with van der Waals surface area (Å²) < 4.78 is 5.30. The molecule has 0 aliphatic carbocycles. The number of carboxylic acids is 1. The third-order valence-electron chi connectivity index (χ3n) is 3.41. The average molecular weight is 301 g/mol. The Labute approximate surface area is 129 Å². The van der Waals surface area contributed by atoms with Crippen LogP contribution in [0, 0.1) is 0 Å². The van der Waals surface area contributed by atoms with E-state index in [1.54, 1.807) is 29.4 Å². The highest BCUT2D eigenvalue weighted by Crippen LogP contribution is 2.13. The molecule has 5 heteroatoms. The molecule has 1 aromatic carbocycles. The van der Waals surface area contributed by atoms with Gasteiger partial charge in [-0.2, -0.15) is 0 Å². The second-order valence-electron chi connectivity index (χ2n) is 5.37. The lowest BCUT2D eigenvalue weighted by Crippen LogP contribution is -2.37. The minimum Gasteiger partial charge on any atom is -0.478 e. The minimum absolute atomic E-state index is 0.0190. The van der Waals surface area contributed by atoms with Gasteiger partial charge in [-0.15, -0.1) is 0 Å². The standard InChI is InChI=1S/C17H19NO4/c1-12(2)18(11-15-4-3-9-22-15)16(19)10-13-5-7-14(8-6-13)17(20)21/h3-9,12H,10-11H2,1-2H3,(H,20,21). The summed E-state index contributed by atoms with van der Waals surface area (Å²) in [7, 11) is 0. The third-order valence-corrected chi connectivity index (χ3v) is 3.41. The van der Waals surface area contributed by atoms with Crippen molar-refractivity contribution in [2.45, 2.75) is 32.9 Å². The largest absolute Gasteiger partial charge is 0.478 e. The number of benzene rings is 1. The lowest BCUT2D eigenvalue weighted by molar-refractivity contribution is -0.133. The van der Waals surface area contributed by atoms with Gasteiger partial charge in [0.15, 0.2) is 0 Å². The maximum absolute atomic E-state index is 12.5. The number of aromatic carboxylic acids is 1. The molecule has 1 N–H and O–H groups in total. The number of amides is 1. The normalized spacial score (nSPS) is 10.7. The number of nitrogens with zero attached hydrogens (tertiary/aromatic N) is 1. The summed E-state index contributed by atoms with van der Waals surface area (Å²) in [5.74, 6) is -0.253. The zero-order valence-corrected chi connectivity index (χ0v) is 12.7. The quantitative estimate of drug-likeness (QED) is 0.890. The van der Waals surface area contributed by atoms with Crippen LogP contribution in [0.3, 0.4) is 0 Å². The first-order chi connectivity index (χ1) is 10.5. The SMILES string of the molecule is CC(C)N(Cc1ccco1)C(=O)Cc1ccc(C(=O)O)cc1. The molecule has 0 aliphatic heterocycles. The molecule has 1 heterocycles. The maximum Gasteiger partial charge on any atom is 0.335 e. The van der Waals surface area contributed by atoms with Crippen molar-refractivity contribution in [3.63, 3.8) is 0 Å². The molecule has 1 aromatic heterocycles. The van der Waals surface area contributed by atoms with E-state index in [1.807, 2.05) is 19.9 Å². The van der Waals surface area contributed by atoms with Crippen LogP contribution in [0.4, 0.5) is 0 Å². The van der Waals surface area contributed by atoms with E-state index in [-0.39, 0.29) is 23.9 Å². The van der Waals surface area contributed by atoms with Crippen molar-refractivity contribution in [2.24, 2.45) is 0 Å². The van der Waals surface area contributed by atoms with Gasteiger partial charge >= 0.3 is 5.97 Å². The molecule has 0 spiro atoms.